The molecule has 0 atom stereocenters. The van der Waals surface area contributed by atoms with Crippen LogP contribution in [0.5, 0.6) is 17.2 Å². The number of carbonyl (C=O) groups excluding carboxylic acids is 1. The van der Waals surface area contributed by atoms with Gasteiger partial charge in [-0.3, -0.25) is 4.79 Å². The molecule has 2 aliphatic rings. The van der Waals surface area contributed by atoms with Crippen molar-refractivity contribution in [1.82, 2.24) is 9.21 Å². The van der Waals surface area contributed by atoms with E-state index in [1.165, 1.54) is 4.31 Å². The van der Waals surface area contributed by atoms with Gasteiger partial charge >= 0.3 is 0 Å². The lowest BCUT2D eigenvalue weighted by atomic mass is 10.0. The van der Waals surface area contributed by atoms with Gasteiger partial charge in [-0.25, -0.2) is 8.42 Å². The fourth-order valence-corrected chi connectivity index (χ4v) is 6.40. The van der Waals surface area contributed by atoms with Gasteiger partial charge in [0, 0.05) is 45.7 Å². The third-order valence-corrected chi connectivity index (χ3v) is 8.87. The second kappa shape index (κ2) is 11.2. The largest absolute Gasteiger partial charge is 0.495 e. The minimum Gasteiger partial charge on any atom is -0.495 e. The molecular weight excluding hydrogens is 494 g/mol. The molecule has 0 unspecified atom stereocenters. The predicted octanol–water partition coefficient (Wildman–Crippen LogP) is 3.15. The van der Waals surface area contributed by atoms with Gasteiger partial charge in [0.15, 0.2) is 11.5 Å². The van der Waals surface area contributed by atoms with E-state index in [1.807, 2.05) is 30.9 Å². The summed E-state index contributed by atoms with van der Waals surface area (Å²) in [6.07, 6.45) is 1.12. The smallest absolute Gasteiger partial charge is 0.243 e. The molecule has 0 aliphatic carbocycles. The van der Waals surface area contributed by atoms with Crippen LogP contribution in [-0.4, -0.2) is 77.6 Å². The predicted molar refractivity (Wildman–Crippen MR) is 142 cm³/mol. The molecule has 37 heavy (non-hydrogen) atoms. The van der Waals surface area contributed by atoms with Crippen molar-refractivity contribution in [2.75, 3.05) is 59.0 Å². The number of amides is 1. The number of rotatable bonds is 8. The van der Waals surface area contributed by atoms with Crippen LogP contribution < -0.4 is 19.1 Å². The van der Waals surface area contributed by atoms with E-state index >= 15 is 0 Å². The van der Waals surface area contributed by atoms with Crippen molar-refractivity contribution in [2.24, 2.45) is 5.92 Å². The third-order valence-electron chi connectivity index (χ3n) is 7.03. The monoisotopic (exact) mass is 531 g/mol. The Balaban J connectivity index is 1.55. The first-order valence-electron chi connectivity index (χ1n) is 12.6. The highest BCUT2D eigenvalue weighted by Gasteiger charge is 2.31. The fraction of sp³-hybridized carbons (Fsp3) is 0.519. The lowest BCUT2D eigenvalue weighted by Gasteiger charge is -2.37. The second-order valence-electron chi connectivity index (χ2n) is 9.86. The van der Waals surface area contributed by atoms with Gasteiger partial charge < -0.3 is 24.0 Å². The number of hydrogen-bond donors (Lipinski definition) is 0. The quantitative estimate of drug-likeness (QED) is 0.517. The van der Waals surface area contributed by atoms with Gasteiger partial charge in [0.1, 0.15) is 5.75 Å². The molecular formula is C27H37N3O6S. The second-order valence-corrected chi connectivity index (χ2v) is 11.8. The van der Waals surface area contributed by atoms with E-state index in [-0.39, 0.29) is 17.3 Å². The zero-order valence-electron chi connectivity index (χ0n) is 22.3. The zero-order valence-corrected chi connectivity index (χ0v) is 23.1. The van der Waals surface area contributed by atoms with Gasteiger partial charge in [0.2, 0.25) is 15.9 Å². The average molecular weight is 532 g/mol. The summed E-state index contributed by atoms with van der Waals surface area (Å²) in [6.45, 7) is 7.14. The number of nitrogens with zero attached hydrogens (tertiary/aromatic N) is 3. The van der Waals surface area contributed by atoms with E-state index in [0.29, 0.717) is 68.7 Å². The Labute approximate surface area is 219 Å². The highest BCUT2D eigenvalue weighted by Crippen LogP contribution is 2.36. The highest BCUT2D eigenvalue weighted by atomic mass is 32.2. The summed E-state index contributed by atoms with van der Waals surface area (Å²) in [6, 6.07) is 8.79. The number of fused-ring (bicyclic) bond motifs is 1. The van der Waals surface area contributed by atoms with Crippen LogP contribution in [-0.2, 0) is 27.8 Å². The first kappa shape index (κ1) is 27.1. The third kappa shape index (κ3) is 5.65. The molecule has 0 bridgehead atoms. The van der Waals surface area contributed by atoms with Gasteiger partial charge in [0.05, 0.1) is 31.9 Å². The van der Waals surface area contributed by atoms with Crippen molar-refractivity contribution in [3.8, 4) is 17.2 Å². The van der Waals surface area contributed by atoms with E-state index < -0.39 is 10.0 Å². The zero-order chi connectivity index (χ0) is 26.7. The number of methoxy groups -OCH3 is 3. The Morgan fingerprint density at radius 2 is 1.49 bits per heavy atom. The van der Waals surface area contributed by atoms with Crippen molar-refractivity contribution in [3.05, 3.63) is 41.5 Å². The maximum atomic E-state index is 13.7. The maximum absolute atomic E-state index is 13.7. The van der Waals surface area contributed by atoms with Gasteiger partial charge in [0.25, 0.3) is 0 Å². The average Bonchev–Trinajstić information content (AvgIpc) is 2.91. The molecule has 1 saturated heterocycles. The number of carbonyl (C=O) groups is 1. The molecule has 1 amide bonds. The number of ether oxygens (including phenoxy) is 3. The van der Waals surface area contributed by atoms with Crippen LogP contribution in [0.15, 0.2) is 35.2 Å². The van der Waals surface area contributed by atoms with Crippen LogP contribution in [0.1, 0.15) is 31.4 Å². The molecule has 2 aliphatic heterocycles. The van der Waals surface area contributed by atoms with Crippen molar-refractivity contribution in [1.29, 1.82) is 0 Å². The molecule has 0 aromatic heterocycles. The molecule has 2 aromatic rings. The standard InChI is InChI=1S/C27H37N3O6S/c1-19(2)14-27(31)29-12-10-28(11-13-29)23-17-22(6-7-24(23)34-3)37(32,33)30-9-8-20-15-25(35-4)26(36-5)16-21(20)18-30/h6-7,15-17,19H,8-14,18H2,1-5H3. The summed E-state index contributed by atoms with van der Waals surface area (Å²) >= 11 is 0. The molecule has 10 heteroatoms. The summed E-state index contributed by atoms with van der Waals surface area (Å²) in [5, 5.41) is 0. The minimum atomic E-state index is -3.75. The number of sulfonamides is 1. The molecule has 0 N–H and O–H groups in total. The molecule has 0 radical (unpaired) electrons. The summed E-state index contributed by atoms with van der Waals surface area (Å²) in [7, 11) is 0.994. The minimum absolute atomic E-state index is 0.164. The molecule has 4 rings (SSSR count). The van der Waals surface area contributed by atoms with Gasteiger partial charge in [-0.1, -0.05) is 13.8 Å². The van der Waals surface area contributed by atoms with Crippen LogP contribution in [0, 0.1) is 5.92 Å². The summed E-state index contributed by atoms with van der Waals surface area (Å²) in [5.41, 5.74) is 2.69. The summed E-state index contributed by atoms with van der Waals surface area (Å²) in [4.78, 5) is 16.7. The van der Waals surface area contributed by atoms with Crippen LogP contribution in [0.2, 0.25) is 0 Å². The van der Waals surface area contributed by atoms with Crippen molar-refractivity contribution in [3.63, 3.8) is 0 Å². The van der Waals surface area contributed by atoms with E-state index in [0.717, 1.165) is 16.8 Å². The molecule has 202 valence electrons. The molecule has 0 saturated carbocycles. The lowest BCUT2D eigenvalue weighted by molar-refractivity contribution is -0.132. The Morgan fingerprint density at radius 3 is 2.08 bits per heavy atom. The van der Waals surface area contributed by atoms with Gasteiger partial charge in [-0.15, -0.1) is 0 Å². The fourth-order valence-electron chi connectivity index (χ4n) is 4.96. The first-order valence-corrected chi connectivity index (χ1v) is 14.1. The maximum Gasteiger partial charge on any atom is 0.243 e. The molecule has 2 aromatic carbocycles. The summed E-state index contributed by atoms with van der Waals surface area (Å²) < 4.78 is 45.3. The van der Waals surface area contributed by atoms with E-state index in [1.54, 1.807) is 39.5 Å². The Hall–Kier alpha value is -2.98. The summed E-state index contributed by atoms with van der Waals surface area (Å²) in [5.74, 6) is 2.32. The number of piperazine rings is 1. The van der Waals surface area contributed by atoms with Gasteiger partial charge in [-0.05, 0) is 53.8 Å². The van der Waals surface area contributed by atoms with E-state index in [4.69, 9.17) is 14.2 Å². The highest BCUT2D eigenvalue weighted by molar-refractivity contribution is 7.89. The Morgan fingerprint density at radius 1 is 0.865 bits per heavy atom. The number of hydrogen-bond acceptors (Lipinski definition) is 7. The molecule has 1 fully saturated rings. The molecule has 2 heterocycles. The normalized spacial score (nSPS) is 16.5. The van der Waals surface area contributed by atoms with Crippen molar-refractivity contribution < 1.29 is 27.4 Å². The van der Waals surface area contributed by atoms with Crippen LogP contribution in [0.4, 0.5) is 5.69 Å². The van der Waals surface area contributed by atoms with Crippen molar-refractivity contribution in [2.45, 2.75) is 38.1 Å². The van der Waals surface area contributed by atoms with Gasteiger partial charge in [-0.2, -0.15) is 4.31 Å². The van der Waals surface area contributed by atoms with E-state index in [9.17, 15) is 13.2 Å². The van der Waals surface area contributed by atoms with Crippen LogP contribution in [0.25, 0.3) is 0 Å². The first-order chi connectivity index (χ1) is 17.7. The number of anilines is 1. The number of benzene rings is 2. The molecule has 9 nitrogen and oxygen atoms in total. The molecule has 0 spiro atoms. The Bertz CT molecular complexity index is 1240. The topological polar surface area (TPSA) is 88.6 Å². The SMILES string of the molecule is COc1cc2c(cc1OC)CN(S(=O)(=O)c1ccc(OC)c(N3CCN(C(=O)CC(C)C)CC3)c1)CC2. The van der Waals surface area contributed by atoms with Crippen LogP contribution >= 0.6 is 0 Å². The van der Waals surface area contributed by atoms with Crippen LogP contribution in [0.3, 0.4) is 0 Å². The lowest BCUT2D eigenvalue weighted by Crippen LogP contribution is -2.49. The Kier molecular flexibility index (Phi) is 8.18. The van der Waals surface area contributed by atoms with Crippen molar-refractivity contribution >= 4 is 21.6 Å². The van der Waals surface area contributed by atoms with E-state index in [2.05, 4.69) is 4.90 Å².